The molecule has 0 radical (unpaired) electrons. The second-order valence-corrected chi connectivity index (χ2v) is 14.1. The van der Waals surface area contributed by atoms with Crippen molar-refractivity contribution in [1.29, 1.82) is 0 Å². The van der Waals surface area contributed by atoms with Crippen molar-refractivity contribution in [2.75, 3.05) is 30.5 Å². The van der Waals surface area contributed by atoms with Crippen molar-refractivity contribution in [3.05, 3.63) is 78.1 Å². The summed E-state index contributed by atoms with van der Waals surface area (Å²) in [6.07, 6.45) is 1.04. The van der Waals surface area contributed by atoms with Crippen LogP contribution in [-0.2, 0) is 29.6 Å². The fraction of sp³-hybridized carbons (Fsp3) is 0.267. The first-order valence-corrected chi connectivity index (χ1v) is 16.5. The molecule has 11 nitrogen and oxygen atoms in total. The summed E-state index contributed by atoms with van der Waals surface area (Å²) in [7, 11) is -4.92. The van der Waals surface area contributed by atoms with Crippen molar-refractivity contribution in [3.8, 4) is 11.1 Å². The van der Waals surface area contributed by atoms with Crippen molar-refractivity contribution in [3.63, 3.8) is 0 Å². The van der Waals surface area contributed by atoms with Crippen LogP contribution in [0.15, 0.2) is 76.0 Å². The lowest BCUT2D eigenvalue weighted by atomic mass is 10.1. The maximum Gasteiger partial charge on any atom is 0.324 e. The number of esters is 1. The molecule has 1 amide bonds. The van der Waals surface area contributed by atoms with Gasteiger partial charge in [-0.3, -0.25) is 14.3 Å². The number of furan rings is 1. The summed E-state index contributed by atoms with van der Waals surface area (Å²) in [4.78, 5) is 25.3. The highest BCUT2D eigenvalue weighted by Crippen LogP contribution is 2.33. The number of fused-ring (bicyclic) bond motifs is 1. The van der Waals surface area contributed by atoms with Crippen LogP contribution in [0.25, 0.3) is 22.1 Å². The molecule has 0 saturated carbocycles. The van der Waals surface area contributed by atoms with Crippen molar-refractivity contribution in [2.45, 2.75) is 31.7 Å². The molecule has 0 aliphatic heterocycles. The zero-order chi connectivity index (χ0) is 31.7. The molecule has 0 fully saturated rings. The Morgan fingerprint density at radius 2 is 1.49 bits per heavy atom. The summed E-state index contributed by atoms with van der Waals surface area (Å²) in [5, 5.41) is 3.28. The number of nitrogens with zero attached hydrogens (tertiary/aromatic N) is 1. The molecule has 228 valence electrons. The van der Waals surface area contributed by atoms with Gasteiger partial charge in [-0.15, -0.1) is 0 Å². The van der Waals surface area contributed by atoms with Crippen LogP contribution in [0.5, 0.6) is 0 Å². The van der Waals surface area contributed by atoms with Gasteiger partial charge >= 0.3 is 5.97 Å². The van der Waals surface area contributed by atoms with Crippen LogP contribution in [0, 0.1) is 12.8 Å². The first-order valence-electron chi connectivity index (χ1n) is 13.2. The number of benzene rings is 3. The van der Waals surface area contributed by atoms with E-state index in [2.05, 4.69) is 10.0 Å². The van der Waals surface area contributed by atoms with E-state index in [1.165, 1.54) is 26.3 Å². The number of ether oxygens (including phenoxy) is 1. The highest BCUT2D eigenvalue weighted by atomic mass is 32.2. The molecule has 43 heavy (non-hydrogen) atoms. The number of aryl methyl sites for hydroxylation is 1. The molecule has 2 N–H and O–H groups in total. The van der Waals surface area contributed by atoms with Gasteiger partial charge in [0.25, 0.3) is 5.91 Å². The van der Waals surface area contributed by atoms with Crippen molar-refractivity contribution in [2.24, 2.45) is 5.92 Å². The number of amides is 1. The normalized spacial score (nSPS) is 12.8. The van der Waals surface area contributed by atoms with Gasteiger partial charge in [0.1, 0.15) is 11.6 Å². The zero-order valence-corrected chi connectivity index (χ0v) is 26.2. The highest BCUT2D eigenvalue weighted by molar-refractivity contribution is 7.92. The molecule has 3 aromatic carbocycles. The standard InChI is InChI=1S/C30H33N3O8S2/c1-18(2)27(30(35)40-5)33(4)43(38,39)23-16-12-21(13-17-23)20-10-14-22(15-11-20)31-29(34)28-19(3)26-24(32-42(6,36)37)8-7-9-25(26)41-28/h7-18,27,32H,1-6H3,(H,31,34). The molecular weight excluding hydrogens is 594 g/mol. The minimum absolute atomic E-state index is 0.0354. The zero-order valence-electron chi connectivity index (χ0n) is 24.5. The number of methoxy groups -OCH3 is 1. The van der Waals surface area contributed by atoms with Crippen LogP contribution >= 0.6 is 0 Å². The largest absolute Gasteiger partial charge is 0.468 e. The Labute approximate surface area is 250 Å². The molecule has 4 rings (SSSR count). The molecule has 0 aliphatic rings. The van der Waals surface area contributed by atoms with Gasteiger partial charge < -0.3 is 14.5 Å². The van der Waals surface area contributed by atoms with E-state index in [9.17, 15) is 26.4 Å². The Balaban J connectivity index is 1.51. The van der Waals surface area contributed by atoms with Crippen LogP contribution in [-0.4, -0.2) is 59.5 Å². The Hall–Kier alpha value is -4.20. The van der Waals surface area contributed by atoms with Crippen LogP contribution < -0.4 is 10.0 Å². The number of hydrogen-bond acceptors (Lipinski definition) is 8. The molecule has 1 atom stereocenters. The quantitative estimate of drug-likeness (QED) is 0.237. The third-order valence-corrected chi connectivity index (χ3v) is 9.37. The maximum atomic E-state index is 13.2. The molecule has 13 heteroatoms. The number of nitrogens with one attached hydrogen (secondary N) is 2. The fourth-order valence-electron chi connectivity index (χ4n) is 4.83. The number of hydrogen-bond donors (Lipinski definition) is 2. The summed E-state index contributed by atoms with van der Waals surface area (Å²) in [5.74, 6) is -1.38. The molecule has 1 heterocycles. The topological polar surface area (TPSA) is 152 Å². The van der Waals surface area contributed by atoms with E-state index in [0.717, 1.165) is 21.7 Å². The highest BCUT2D eigenvalue weighted by Gasteiger charge is 2.35. The Kier molecular flexibility index (Phi) is 9.00. The summed E-state index contributed by atoms with van der Waals surface area (Å²) in [6.45, 7) is 5.17. The predicted octanol–water partition coefficient (Wildman–Crippen LogP) is 4.85. The van der Waals surface area contributed by atoms with Gasteiger partial charge in [0, 0.05) is 23.7 Å². The number of anilines is 2. The van der Waals surface area contributed by atoms with Crippen molar-refractivity contribution in [1.82, 2.24) is 4.31 Å². The average Bonchev–Trinajstić information content (AvgIpc) is 3.29. The average molecular weight is 628 g/mol. The Morgan fingerprint density at radius 1 is 0.907 bits per heavy atom. The third-order valence-electron chi connectivity index (χ3n) is 6.93. The number of carbonyl (C=O) groups excluding carboxylic acids is 2. The van der Waals surface area contributed by atoms with Crippen LogP contribution in [0.4, 0.5) is 11.4 Å². The van der Waals surface area contributed by atoms with E-state index in [0.29, 0.717) is 27.9 Å². The number of rotatable bonds is 10. The Morgan fingerprint density at radius 3 is 2.02 bits per heavy atom. The summed E-state index contributed by atoms with van der Waals surface area (Å²) in [5.41, 5.74) is 3.19. The van der Waals surface area contributed by atoms with Crippen molar-refractivity contribution >= 4 is 54.3 Å². The van der Waals surface area contributed by atoms with Gasteiger partial charge in [-0.1, -0.05) is 44.2 Å². The molecule has 0 aliphatic carbocycles. The number of likely N-dealkylation sites (N-methyl/N-ethyl adjacent to an activating group) is 1. The van der Waals surface area contributed by atoms with Gasteiger partial charge in [0.15, 0.2) is 5.76 Å². The van der Waals surface area contributed by atoms with Crippen molar-refractivity contribution < 1.29 is 35.6 Å². The van der Waals surface area contributed by atoms with Gasteiger partial charge in [0.2, 0.25) is 20.0 Å². The molecular formula is C30H33N3O8S2. The molecule has 0 saturated heterocycles. The van der Waals surface area contributed by atoms with E-state index in [1.54, 1.807) is 75.4 Å². The SMILES string of the molecule is COC(=O)C(C(C)C)N(C)S(=O)(=O)c1ccc(-c2ccc(NC(=O)c3oc4cccc(NS(C)(=O)=O)c4c3C)cc2)cc1. The molecule has 1 aromatic heterocycles. The van der Waals surface area contributed by atoms with E-state index in [-0.39, 0.29) is 16.6 Å². The lowest BCUT2D eigenvalue weighted by molar-refractivity contribution is -0.146. The van der Waals surface area contributed by atoms with Crippen LogP contribution in [0.3, 0.4) is 0 Å². The van der Waals surface area contributed by atoms with Gasteiger partial charge in [-0.05, 0) is 60.4 Å². The van der Waals surface area contributed by atoms with Crippen LogP contribution in [0.2, 0.25) is 0 Å². The smallest absolute Gasteiger partial charge is 0.324 e. The molecule has 1 unspecified atom stereocenters. The second-order valence-electron chi connectivity index (χ2n) is 10.4. The molecule has 0 bridgehead atoms. The second kappa shape index (κ2) is 12.2. The summed E-state index contributed by atoms with van der Waals surface area (Å²) in [6, 6.07) is 17.1. The summed E-state index contributed by atoms with van der Waals surface area (Å²) >= 11 is 0. The van der Waals surface area contributed by atoms with E-state index in [4.69, 9.17) is 9.15 Å². The van der Waals surface area contributed by atoms with E-state index < -0.39 is 38.0 Å². The van der Waals surface area contributed by atoms with E-state index in [1.807, 2.05) is 0 Å². The molecule has 0 spiro atoms. The summed E-state index contributed by atoms with van der Waals surface area (Å²) < 4.78 is 64.0. The number of sulfonamides is 2. The lowest BCUT2D eigenvalue weighted by Crippen LogP contribution is -2.46. The van der Waals surface area contributed by atoms with Gasteiger partial charge in [0.05, 0.1) is 23.9 Å². The Bertz CT molecular complexity index is 1880. The van der Waals surface area contributed by atoms with Crippen LogP contribution in [0.1, 0.15) is 30.0 Å². The van der Waals surface area contributed by atoms with E-state index >= 15 is 0 Å². The lowest BCUT2D eigenvalue weighted by Gasteiger charge is -2.28. The van der Waals surface area contributed by atoms with Gasteiger partial charge in [-0.25, -0.2) is 16.8 Å². The predicted molar refractivity (Wildman–Crippen MR) is 165 cm³/mol. The minimum atomic E-state index is -3.97. The monoisotopic (exact) mass is 627 g/mol. The first kappa shape index (κ1) is 31.7. The molecule has 4 aromatic rings. The minimum Gasteiger partial charge on any atom is -0.468 e. The fourth-order valence-corrected chi connectivity index (χ4v) is 6.85. The third kappa shape index (κ3) is 6.74. The maximum absolute atomic E-state index is 13.2. The number of carbonyl (C=O) groups is 2. The first-order chi connectivity index (χ1) is 20.1. The van der Waals surface area contributed by atoms with Gasteiger partial charge in [-0.2, -0.15) is 4.31 Å².